The van der Waals surface area contributed by atoms with Gasteiger partial charge < -0.3 is 13.9 Å². The van der Waals surface area contributed by atoms with E-state index >= 15 is 0 Å². The van der Waals surface area contributed by atoms with Gasteiger partial charge in [0.15, 0.2) is 0 Å². The molecule has 0 fully saturated rings. The van der Waals surface area contributed by atoms with Crippen molar-refractivity contribution in [2.45, 2.75) is 6.92 Å². The predicted molar refractivity (Wildman–Crippen MR) is 77.8 cm³/mol. The lowest BCUT2D eigenvalue weighted by Crippen LogP contribution is -2.02. The molecule has 2 aromatic carbocycles. The van der Waals surface area contributed by atoms with Crippen molar-refractivity contribution >= 4 is 21.7 Å². The molecule has 0 N–H and O–H groups in total. The van der Waals surface area contributed by atoms with Crippen LogP contribution in [-0.4, -0.2) is 14.2 Å². The van der Waals surface area contributed by atoms with Gasteiger partial charge in [-0.3, -0.25) is 0 Å². The Bertz CT molecular complexity index is 862. The van der Waals surface area contributed by atoms with Crippen LogP contribution in [0.5, 0.6) is 11.5 Å². The minimum atomic E-state index is -0.376. The van der Waals surface area contributed by atoms with Crippen LogP contribution in [0.25, 0.3) is 21.7 Å². The van der Waals surface area contributed by atoms with Crippen molar-refractivity contribution in [2.24, 2.45) is 0 Å². The van der Waals surface area contributed by atoms with E-state index in [1.807, 2.05) is 19.1 Å². The van der Waals surface area contributed by atoms with Gasteiger partial charge in [-0.25, -0.2) is 4.79 Å². The van der Waals surface area contributed by atoms with Crippen molar-refractivity contribution in [3.05, 3.63) is 46.3 Å². The molecule has 0 saturated heterocycles. The number of rotatable bonds is 2. The third-order valence-electron chi connectivity index (χ3n) is 3.43. The Morgan fingerprint density at radius 3 is 2.55 bits per heavy atom. The first-order valence-corrected chi connectivity index (χ1v) is 6.24. The molecule has 0 amide bonds. The lowest BCUT2D eigenvalue weighted by molar-refractivity contribution is 0.413. The monoisotopic (exact) mass is 270 g/mol. The topological polar surface area (TPSA) is 48.7 Å². The van der Waals surface area contributed by atoms with Crippen molar-refractivity contribution in [3.63, 3.8) is 0 Å². The highest BCUT2D eigenvalue weighted by molar-refractivity contribution is 6.09. The summed E-state index contributed by atoms with van der Waals surface area (Å²) in [6.07, 6.45) is 0. The molecule has 3 aromatic rings. The Morgan fingerprint density at radius 1 is 1.05 bits per heavy atom. The van der Waals surface area contributed by atoms with Gasteiger partial charge in [0.2, 0.25) is 0 Å². The van der Waals surface area contributed by atoms with E-state index in [0.29, 0.717) is 22.5 Å². The van der Waals surface area contributed by atoms with Gasteiger partial charge in [-0.05, 0) is 30.7 Å². The maximum Gasteiger partial charge on any atom is 0.344 e. The molecule has 1 heterocycles. The van der Waals surface area contributed by atoms with Crippen molar-refractivity contribution in [3.8, 4) is 11.5 Å². The van der Waals surface area contributed by atoms with E-state index in [-0.39, 0.29) is 5.63 Å². The maximum atomic E-state index is 12.1. The second kappa shape index (κ2) is 4.56. The summed E-state index contributed by atoms with van der Waals surface area (Å²) in [6.45, 7) is 1.96. The molecule has 20 heavy (non-hydrogen) atoms. The lowest BCUT2D eigenvalue weighted by atomic mass is 10.0. The third-order valence-corrected chi connectivity index (χ3v) is 3.43. The van der Waals surface area contributed by atoms with Crippen LogP contribution in [0.2, 0.25) is 0 Å². The molecule has 0 saturated carbocycles. The molecular formula is C16H14O4. The summed E-state index contributed by atoms with van der Waals surface area (Å²) in [5, 5.41) is 2.17. The summed E-state index contributed by atoms with van der Waals surface area (Å²) in [4.78, 5) is 12.1. The minimum Gasteiger partial charge on any atom is -0.497 e. The van der Waals surface area contributed by atoms with Crippen LogP contribution in [-0.2, 0) is 0 Å². The fourth-order valence-electron chi connectivity index (χ4n) is 2.53. The zero-order valence-electron chi connectivity index (χ0n) is 11.5. The van der Waals surface area contributed by atoms with Crippen LogP contribution >= 0.6 is 0 Å². The van der Waals surface area contributed by atoms with E-state index in [4.69, 9.17) is 13.9 Å². The van der Waals surface area contributed by atoms with E-state index in [9.17, 15) is 4.79 Å². The summed E-state index contributed by atoms with van der Waals surface area (Å²) >= 11 is 0. The van der Waals surface area contributed by atoms with Crippen LogP contribution < -0.4 is 15.1 Å². The van der Waals surface area contributed by atoms with E-state index < -0.39 is 0 Å². The van der Waals surface area contributed by atoms with Gasteiger partial charge in [0, 0.05) is 16.8 Å². The Kier molecular flexibility index (Phi) is 2.86. The molecule has 0 atom stereocenters. The number of hydrogen-bond acceptors (Lipinski definition) is 4. The normalized spacial score (nSPS) is 10.9. The lowest BCUT2D eigenvalue weighted by Gasteiger charge is -2.10. The molecule has 0 bridgehead atoms. The average Bonchev–Trinajstić information content (AvgIpc) is 2.46. The molecule has 0 spiro atoms. The SMILES string of the molecule is COc1cc(C)c2c(c1)oc(=O)c1cccc(OC)c12. The number of fused-ring (bicyclic) bond motifs is 3. The molecule has 0 unspecified atom stereocenters. The van der Waals surface area contributed by atoms with Crippen LogP contribution in [0.3, 0.4) is 0 Å². The van der Waals surface area contributed by atoms with E-state index in [0.717, 1.165) is 16.3 Å². The fraction of sp³-hybridized carbons (Fsp3) is 0.188. The third kappa shape index (κ3) is 1.72. The number of ether oxygens (including phenoxy) is 2. The first-order valence-electron chi connectivity index (χ1n) is 6.24. The summed E-state index contributed by atoms with van der Waals surface area (Å²) in [5.74, 6) is 1.32. The Balaban J connectivity index is 2.61. The van der Waals surface area contributed by atoms with E-state index in [1.165, 1.54) is 0 Å². The second-order valence-corrected chi connectivity index (χ2v) is 4.59. The zero-order chi connectivity index (χ0) is 14.3. The molecule has 102 valence electrons. The quantitative estimate of drug-likeness (QED) is 0.529. The standard InChI is InChI=1S/C16H14O4/c1-9-7-10(18-2)8-13-14(9)15-11(16(17)20-13)5-4-6-12(15)19-3/h4-8H,1-3H3. The average molecular weight is 270 g/mol. The van der Waals surface area contributed by atoms with Gasteiger partial charge in [0.25, 0.3) is 0 Å². The van der Waals surface area contributed by atoms with Crippen LogP contribution in [0.4, 0.5) is 0 Å². The van der Waals surface area contributed by atoms with E-state index in [1.54, 1.807) is 32.4 Å². The molecular weight excluding hydrogens is 256 g/mol. The van der Waals surface area contributed by atoms with E-state index in [2.05, 4.69) is 0 Å². The van der Waals surface area contributed by atoms with Gasteiger partial charge in [0.05, 0.1) is 19.6 Å². The number of methoxy groups -OCH3 is 2. The molecule has 1 aromatic heterocycles. The van der Waals surface area contributed by atoms with Crippen LogP contribution in [0.1, 0.15) is 5.56 Å². The van der Waals surface area contributed by atoms with Gasteiger partial charge in [-0.1, -0.05) is 6.07 Å². The highest BCUT2D eigenvalue weighted by atomic mass is 16.5. The number of aryl methyl sites for hydroxylation is 1. The molecule has 4 heteroatoms. The maximum absolute atomic E-state index is 12.1. The smallest absolute Gasteiger partial charge is 0.344 e. The van der Waals surface area contributed by atoms with Gasteiger partial charge in [-0.2, -0.15) is 0 Å². The zero-order valence-corrected chi connectivity index (χ0v) is 11.5. The summed E-state index contributed by atoms with van der Waals surface area (Å²) in [7, 11) is 3.18. The van der Waals surface area contributed by atoms with Crippen LogP contribution in [0.15, 0.2) is 39.5 Å². The molecule has 4 nitrogen and oxygen atoms in total. The summed E-state index contributed by atoms with van der Waals surface area (Å²) < 4.78 is 16.0. The van der Waals surface area contributed by atoms with Crippen molar-refractivity contribution in [2.75, 3.05) is 14.2 Å². The highest BCUT2D eigenvalue weighted by Gasteiger charge is 2.14. The predicted octanol–water partition coefficient (Wildman–Crippen LogP) is 3.27. The Labute approximate surface area is 115 Å². The first kappa shape index (κ1) is 12.5. The summed E-state index contributed by atoms with van der Waals surface area (Å²) in [6, 6.07) is 8.99. The molecule has 0 aliphatic carbocycles. The van der Waals surface area contributed by atoms with Crippen molar-refractivity contribution in [1.29, 1.82) is 0 Å². The minimum absolute atomic E-state index is 0.376. The van der Waals surface area contributed by atoms with Gasteiger partial charge in [0.1, 0.15) is 17.1 Å². The number of hydrogen-bond donors (Lipinski definition) is 0. The largest absolute Gasteiger partial charge is 0.497 e. The molecule has 0 aliphatic heterocycles. The number of benzene rings is 2. The fourth-order valence-corrected chi connectivity index (χ4v) is 2.53. The first-order chi connectivity index (χ1) is 9.65. The second-order valence-electron chi connectivity index (χ2n) is 4.59. The molecule has 0 radical (unpaired) electrons. The van der Waals surface area contributed by atoms with Crippen molar-refractivity contribution in [1.82, 2.24) is 0 Å². The Hall–Kier alpha value is -2.49. The Morgan fingerprint density at radius 2 is 1.85 bits per heavy atom. The highest BCUT2D eigenvalue weighted by Crippen LogP contribution is 2.34. The molecule has 3 rings (SSSR count). The van der Waals surface area contributed by atoms with Gasteiger partial charge >= 0.3 is 5.63 Å². The van der Waals surface area contributed by atoms with Crippen molar-refractivity contribution < 1.29 is 13.9 Å². The summed E-state index contributed by atoms with van der Waals surface area (Å²) in [5.41, 5.74) is 1.10. The molecule has 0 aliphatic rings. The van der Waals surface area contributed by atoms with Crippen LogP contribution in [0, 0.1) is 6.92 Å². The van der Waals surface area contributed by atoms with Gasteiger partial charge in [-0.15, -0.1) is 0 Å².